The van der Waals surface area contributed by atoms with Gasteiger partial charge in [-0.3, -0.25) is 4.99 Å². The fourth-order valence-electron chi connectivity index (χ4n) is 3.04. The van der Waals surface area contributed by atoms with Crippen molar-refractivity contribution in [3.05, 3.63) is 24.5 Å². The van der Waals surface area contributed by atoms with Gasteiger partial charge in [-0.2, -0.15) is 0 Å². The van der Waals surface area contributed by atoms with Gasteiger partial charge in [-0.25, -0.2) is 19.3 Å². The van der Waals surface area contributed by atoms with Gasteiger partial charge in [-0.05, 0) is 13.1 Å². The Morgan fingerprint density at radius 1 is 1.22 bits per heavy atom. The summed E-state index contributed by atoms with van der Waals surface area (Å²) in [5.41, 5.74) is 0.532. The van der Waals surface area contributed by atoms with Gasteiger partial charge in [0.05, 0.1) is 11.9 Å². The van der Waals surface area contributed by atoms with E-state index in [2.05, 4.69) is 19.9 Å². The number of alkyl halides is 1. The molecule has 9 nitrogen and oxygen atoms in total. The molecule has 1 unspecified atom stereocenters. The predicted octanol–water partition coefficient (Wildman–Crippen LogP) is 1.31. The number of rotatable bonds is 1. The van der Waals surface area contributed by atoms with Crippen molar-refractivity contribution in [1.29, 1.82) is 0 Å². The molecule has 1 amide bonds. The van der Waals surface area contributed by atoms with E-state index in [1.54, 1.807) is 17.1 Å². The molecule has 142 valence electrons. The first-order chi connectivity index (χ1) is 13.0. The normalized spacial score (nSPS) is 20.7. The van der Waals surface area contributed by atoms with E-state index in [-0.39, 0.29) is 22.7 Å². The van der Waals surface area contributed by atoms with Crippen LogP contribution in [0.15, 0.2) is 29.5 Å². The maximum Gasteiger partial charge on any atom is 0.416 e. The van der Waals surface area contributed by atoms with Crippen LogP contribution in [0.3, 0.4) is 0 Å². The fraction of sp³-hybridized carbons (Fsp3) is 0.412. The molecule has 2 aliphatic rings. The Morgan fingerprint density at radius 2 is 1.93 bits per heavy atom. The zero-order valence-electron chi connectivity index (χ0n) is 14.7. The van der Waals surface area contributed by atoms with E-state index >= 15 is 0 Å². The van der Waals surface area contributed by atoms with Gasteiger partial charge in [0.2, 0.25) is 11.8 Å². The van der Waals surface area contributed by atoms with Crippen LogP contribution in [-0.2, 0) is 0 Å². The predicted molar refractivity (Wildman–Crippen MR) is 101 cm³/mol. The maximum absolute atomic E-state index is 12.7. The first-order valence-electron chi connectivity index (χ1n) is 8.61. The van der Waals surface area contributed by atoms with Crippen LogP contribution in [0.25, 0.3) is 11.0 Å². The number of aliphatic imine (C=N–C) groups is 1. The number of fused-ring (bicyclic) bond motifs is 1. The molecule has 0 aromatic carbocycles. The number of hydrogen-bond donors (Lipinski definition) is 1. The topological polar surface area (TPSA) is 96.1 Å². The van der Waals surface area contributed by atoms with Gasteiger partial charge in [0, 0.05) is 38.6 Å². The molecule has 0 spiro atoms. The van der Waals surface area contributed by atoms with Crippen molar-refractivity contribution in [2.24, 2.45) is 4.99 Å². The molecule has 0 aliphatic carbocycles. The number of carbonyl (C=O) groups is 1. The van der Waals surface area contributed by atoms with Crippen molar-refractivity contribution in [3.63, 3.8) is 0 Å². The monoisotopic (exact) mass is 390 g/mol. The van der Waals surface area contributed by atoms with Crippen LogP contribution in [0.2, 0.25) is 0 Å². The number of halogens is 1. The molecule has 4 heterocycles. The third kappa shape index (κ3) is 3.35. The van der Waals surface area contributed by atoms with Crippen molar-refractivity contribution in [1.82, 2.24) is 24.3 Å². The fourth-order valence-corrected chi connectivity index (χ4v) is 3.18. The first kappa shape index (κ1) is 17.7. The zero-order valence-corrected chi connectivity index (χ0v) is 15.5. The lowest BCUT2D eigenvalue weighted by Crippen LogP contribution is -2.48. The van der Waals surface area contributed by atoms with Crippen LogP contribution < -0.4 is 4.74 Å². The van der Waals surface area contributed by atoms with Crippen molar-refractivity contribution in [3.8, 4) is 11.8 Å². The van der Waals surface area contributed by atoms with Crippen molar-refractivity contribution in [2.45, 2.75) is 5.38 Å². The summed E-state index contributed by atoms with van der Waals surface area (Å²) >= 11 is 6.04. The molecule has 1 N–H and O–H groups in total. The molecule has 0 radical (unpaired) electrons. The molecule has 4 rings (SSSR count). The van der Waals surface area contributed by atoms with Crippen molar-refractivity contribution >= 4 is 34.6 Å². The minimum absolute atomic E-state index is 0.0935. The summed E-state index contributed by atoms with van der Waals surface area (Å²) in [7, 11) is 2.01. The third-order valence-electron chi connectivity index (χ3n) is 4.58. The van der Waals surface area contributed by atoms with Gasteiger partial charge in [0.25, 0.3) is 0 Å². The number of piperazine rings is 1. The van der Waals surface area contributed by atoms with E-state index in [0.29, 0.717) is 31.0 Å². The second-order valence-corrected chi connectivity index (χ2v) is 7.01. The molecule has 1 fully saturated rings. The Kier molecular flexibility index (Phi) is 4.71. The van der Waals surface area contributed by atoms with E-state index in [1.165, 1.54) is 17.0 Å². The van der Waals surface area contributed by atoms with Gasteiger partial charge in [0.1, 0.15) is 5.84 Å². The van der Waals surface area contributed by atoms with Crippen LogP contribution in [0.1, 0.15) is 0 Å². The molecule has 2 aromatic rings. The van der Waals surface area contributed by atoms with Gasteiger partial charge in [-0.15, -0.1) is 11.6 Å². The van der Waals surface area contributed by atoms with E-state index < -0.39 is 6.09 Å². The smallest absolute Gasteiger partial charge is 0.416 e. The minimum Gasteiger partial charge on any atom is -0.493 e. The van der Waals surface area contributed by atoms with Gasteiger partial charge < -0.3 is 19.6 Å². The van der Waals surface area contributed by atoms with Gasteiger partial charge in [0.15, 0.2) is 11.0 Å². The molecule has 0 saturated carbocycles. The maximum atomic E-state index is 12.7. The summed E-state index contributed by atoms with van der Waals surface area (Å²) in [6, 6.07) is 0. The van der Waals surface area contributed by atoms with E-state index in [0.717, 1.165) is 13.1 Å². The van der Waals surface area contributed by atoms with Gasteiger partial charge in [-0.1, -0.05) is 6.08 Å². The standard InChI is InChI=1S/C17H19ClN6O3/c1-22-6-8-23(9-7-22)17(26)27-16-14-13(19-4-5-20-14)15(25)24(16)12-3-2-11(18)10-21-12/h2-5,11,25H,6-10H2,1H3. The number of hydrogen-bond acceptors (Lipinski definition) is 7. The molecule has 10 heteroatoms. The molecule has 1 saturated heterocycles. The number of likely N-dealkylation sites (N-methyl/N-ethyl adjacent to an activating group) is 1. The number of amides is 1. The zero-order chi connectivity index (χ0) is 19.0. The molecule has 2 aliphatic heterocycles. The van der Waals surface area contributed by atoms with Crippen LogP contribution in [0, 0.1) is 0 Å². The molecule has 27 heavy (non-hydrogen) atoms. The Morgan fingerprint density at radius 3 is 2.59 bits per heavy atom. The lowest BCUT2D eigenvalue weighted by Gasteiger charge is -2.31. The lowest BCUT2D eigenvalue weighted by atomic mass is 10.3. The number of dihydropyridines is 1. The summed E-state index contributed by atoms with van der Waals surface area (Å²) in [5, 5.41) is 10.4. The Balaban J connectivity index is 1.72. The third-order valence-corrected chi connectivity index (χ3v) is 4.87. The number of ether oxygens (including phenoxy) is 1. The van der Waals surface area contributed by atoms with Crippen LogP contribution >= 0.6 is 11.6 Å². The van der Waals surface area contributed by atoms with Crippen LogP contribution in [-0.4, -0.2) is 86.5 Å². The number of allylic oxidation sites excluding steroid dienone is 1. The summed E-state index contributed by atoms with van der Waals surface area (Å²) < 4.78 is 7.00. The second kappa shape index (κ2) is 7.16. The Hall–Kier alpha value is -2.65. The largest absolute Gasteiger partial charge is 0.493 e. The highest BCUT2D eigenvalue weighted by Gasteiger charge is 2.28. The summed E-state index contributed by atoms with van der Waals surface area (Å²) in [5.74, 6) is 0.317. The summed E-state index contributed by atoms with van der Waals surface area (Å²) in [6.07, 6.45) is 5.89. The Labute approximate surface area is 160 Å². The van der Waals surface area contributed by atoms with Crippen LogP contribution in [0.5, 0.6) is 11.8 Å². The van der Waals surface area contributed by atoms with E-state index in [4.69, 9.17) is 16.3 Å². The average molecular weight is 391 g/mol. The number of aromatic nitrogens is 3. The van der Waals surface area contributed by atoms with E-state index in [9.17, 15) is 9.90 Å². The van der Waals surface area contributed by atoms with Crippen molar-refractivity contribution < 1.29 is 14.6 Å². The molecule has 1 atom stereocenters. The summed E-state index contributed by atoms with van der Waals surface area (Å²) in [4.78, 5) is 29.2. The highest BCUT2D eigenvalue weighted by Crippen LogP contribution is 2.35. The summed E-state index contributed by atoms with van der Waals surface area (Å²) in [6.45, 7) is 3.04. The first-order valence-corrected chi connectivity index (χ1v) is 9.05. The second-order valence-electron chi connectivity index (χ2n) is 6.45. The average Bonchev–Trinajstić information content (AvgIpc) is 2.95. The molecular formula is C17H19ClN6O3. The SMILES string of the molecule is CN1CCN(C(=O)Oc2c3nccnc3c(O)n2C2=NCC(Cl)C=C2)CC1. The quantitative estimate of drug-likeness (QED) is 0.737. The van der Waals surface area contributed by atoms with E-state index in [1.807, 2.05) is 7.05 Å². The van der Waals surface area contributed by atoms with Crippen LogP contribution in [0.4, 0.5) is 4.79 Å². The number of carbonyl (C=O) groups excluding carboxylic acids is 1. The highest BCUT2D eigenvalue weighted by atomic mass is 35.5. The molecule has 0 bridgehead atoms. The number of nitrogens with zero attached hydrogens (tertiary/aromatic N) is 6. The van der Waals surface area contributed by atoms with Gasteiger partial charge >= 0.3 is 6.09 Å². The molecular weight excluding hydrogens is 372 g/mol. The number of aromatic hydroxyl groups is 1. The lowest BCUT2D eigenvalue weighted by molar-refractivity contribution is 0.119. The Bertz CT molecular complexity index is 932. The molecule has 2 aromatic heterocycles. The minimum atomic E-state index is -0.495. The van der Waals surface area contributed by atoms with Crippen molar-refractivity contribution in [2.75, 3.05) is 39.8 Å². The highest BCUT2D eigenvalue weighted by molar-refractivity contribution is 6.22.